The smallest absolute Gasteiger partial charge is 0.354 e. The maximum absolute atomic E-state index is 13.4. The van der Waals surface area contributed by atoms with E-state index in [0.29, 0.717) is 30.4 Å². The number of fused-ring (bicyclic) bond motifs is 3. The summed E-state index contributed by atoms with van der Waals surface area (Å²) in [7, 11) is 0. The van der Waals surface area contributed by atoms with Gasteiger partial charge in [-0.05, 0) is 41.5 Å². The summed E-state index contributed by atoms with van der Waals surface area (Å²) in [5, 5.41) is 21.7. The van der Waals surface area contributed by atoms with Gasteiger partial charge in [0, 0.05) is 18.2 Å². The number of aromatic carboxylic acids is 1. The molecule has 2 atom stereocenters. The van der Waals surface area contributed by atoms with Gasteiger partial charge in [-0.2, -0.15) is 0 Å². The Morgan fingerprint density at radius 2 is 1.94 bits per heavy atom. The number of carbonyl (C=O) groups is 1. The number of benzene rings is 2. The lowest BCUT2D eigenvalue weighted by Crippen LogP contribution is -2.39. The molecule has 2 aromatic heterocycles. The molecular formula is C24H21N3O5. The van der Waals surface area contributed by atoms with Crippen LogP contribution in [0.1, 0.15) is 34.1 Å². The van der Waals surface area contributed by atoms with Crippen molar-refractivity contribution < 1.29 is 19.7 Å². The van der Waals surface area contributed by atoms with Crippen molar-refractivity contribution in [2.75, 3.05) is 13.2 Å². The minimum atomic E-state index is -1.07. The molecule has 0 amide bonds. The number of aromatic nitrogens is 3. The van der Waals surface area contributed by atoms with Crippen molar-refractivity contribution in [2.45, 2.75) is 25.0 Å². The van der Waals surface area contributed by atoms with Crippen LogP contribution in [0.3, 0.4) is 0 Å². The van der Waals surface area contributed by atoms with Crippen molar-refractivity contribution in [3.05, 3.63) is 82.2 Å². The van der Waals surface area contributed by atoms with Gasteiger partial charge in [-0.1, -0.05) is 30.3 Å². The molecule has 32 heavy (non-hydrogen) atoms. The summed E-state index contributed by atoms with van der Waals surface area (Å²) < 4.78 is 6.81. The fourth-order valence-electron chi connectivity index (χ4n) is 4.34. The van der Waals surface area contributed by atoms with Crippen LogP contribution in [0, 0.1) is 0 Å². The predicted octanol–water partition coefficient (Wildman–Crippen LogP) is 2.56. The Morgan fingerprint density at radius 1 is 1.12 bits per heavy atom. The highest BCUT2D eigenvalue weighted by atomic mass is 16.5. The monoisotopic (exact) mass is 431 g/mol. The fourth-order valence-corrected chi connectivity index (χ4v) is 4.34. The van der Waals surface area contributed by atoms with E-state index in [1.54, 1.807) is 12.3 Å². The molecule has 1 saturated heterocycles. The first-order valence-corrected chi connectivity index (χ1v) is 10.4. The van der Waals surface area contributed by atoms with Gasteiger partial charge in [-0.25, -0.2) is 14.8 Å². The molecule has 2 N–H and O–H groups in total. The lowest BCUT2D eigenvalue weighted by molar-refractivity contribution is -0.0395. The average Bonchev–Trinajstić information content (AvgIpc) is 2.81. The summed E-state index contributed by atoms with van der Waals surface area (Å²) in [5.74, 6) is -1.07. The molecule has 0 radical (unpaired) electrons. The summed E-state index contributed by atoms with van der Waals surface area (Å²) in [4.78, 5) is 33.1. The number of ether oxygens (including phenoxy) is 1. The molecule has 1 fully saturated rings. The summed E-state index contributed by atoms with van der Waals surface area (Å²) in [5.41, 5.74) is 2.16. The van der Waals surface area contributed by atoms with E-state index in [4.69, 9.17) is 9.84 Å². The number of nitrogens with zero attached hydrogens (tertiary/aromatic N) is 3. The van der Waals surface area contributed by atoms with Crippen LogP contribution >= 0.6 is 0 Å². The molecule has 1 aliphatic heterocycles. The van der Waals surface area contributed by atoms with Crippen molar-refractivity contribution in [2.24, 2.45) is 0 Å². The lowest BCUT2D eigenvalue weighted by atomic mass is 9.96. The number of rotatable bonds is 4. The molecule has 162 valence electrons. The second kappa shape index (κ2) is 8.14. The third-order valence-corrected chi connectivity index (χ3v) is 5.96. The van der Waals surface area contributed by atoms with Gasteiger partial charge in [-0.3, -0.25) is 9.36 Å². The SMILES string of the molecule is O=C(O)c1ccc(Cc2cc3c(=O)n([C@H]4CCOC[C@@H]4O)cnc3c3ccccc23)cn1. The van der Waals surface area contributed by atoms with Crippen LogP contribution in [0.4, 0.5) is 0 Å². The minimum absolute atomic E-state index is 0.0146. The van der Waals surface area contributed by atoms with Gasteiger partial charge in [0.2, 0.25) is 0 Å². The van der Waals surface area contributed by atoms with Crippen LogP contribution in [0.15, 0.2) is 59.8 Å². The van der Waals surface area contributed by atoms with Gasteiger partial charge < -0.3 is 14.9 Å². The molecule has 5 rings (SSSR count). The predicted molar refractivity (Wildman–Crippen MR) is 118 cm³/mol. The Hall–Kier alpha value is -3.62. The summed E-state index contributed by atoms with van der Waals surface area (Å²) in [6.45, 7) is 0.673. The number of hydrogen-bond donors (Lipinski definition) is 2. The van der Waals surface area contributed by atoms with Crippen LogP contribution in [-0.4, -0.2) is 50.0 Å². The summed E-state index contributed by atoms with van der Waals surface area (Å²) in [6, 6.07) is 12.4. The number of aliphatic hydroxyl groups excluding tert-OH is 1. The van der Waals surface area contributed by atoms with Crippen molar-refractivity contribution in [1.29, 1.82) is 0 Å². The fraction of sp³-hybridized carbons (Fsp3) is 0.250. The Labute approximate surface area is 182 Å². The van der Waals surface area contributed by atoms with E-state index in [2.05, 4.69) is 9.97 Å². The number of carboxylic acid groups (broad SMARTS) is 1. The van der Waals surface area contributed by atoms with E-state index < -0.39 is 12.1 Å². The lowest BCUT2D eigenvalue weighted by Gasteiger charge is -2.29. The molecule has 0 saturated carbocycles. The number of pyridine rings is 1. The summed E-state index contributed by atoms with van der Waals surface area (Å²) in [6.07, 6.45) is 3.32. The van der Waals surface area contributed by atoms with Crippen LogP contribution in [-0.2, 0) is 11.2 Å². The van der Waals surface area contributed by atoms with Crippen LogP contribution in [0.25, 0.3) is 21.7 Å². The first kappa shape index (κ1) is 20.3. The maximum Gasteiger partial charge on any atom is 0.354 e. The van der Waals surface area contributed by atoms with E-state index in [-0.39, 0.29) is 23.9 Å². The molecule has 3 heterocycles. The molecule has 1 aliphatic rings. The number of aliphatic hydroxyl groups is 1. The third-order valence-electron chi connectivity index (χ3n) is 5.96. The third kappa shape index (κ3) is 3.53. The van der Waals surface area contributed by atoms with Crippen LogP contribution < -0.4 is 5.56 Å². The van der Waals surface area contributed by atoms with E-state index >= 15 is 0 Å². The van der Waals surface area contributed by atoms with Crippen molar-refractivity contribution in [3.8, 4) is 0 Å². The van der Waals surface area contributed by atoms with Crippen LogP contribution in [0.2, 0.25) is 0 Å². The van der Waals surface area contributed by atoms with Gasteiger partial charge in [0.05, 0.1) is 36.0 Å². The second-order valence-corrected chi connectivity index (χ2v) is 7.97. The molecule has 8 nitrogen and oxygen atoms in total. The molecule has 4 aromatic rings. The quantitative estimate of drug-likeness (QED) is 0.477. The molecule has 0 unspecified atom stereocenters. The summed E-state index contributed by atoms with van der Waals surface area (Å²) >= 11 is 0. The van der Waals surface area contributed by atoms with Crippen molar-refractivity contribution in [1.82, 2.24) is 14.5 Å². The van der Waals surface area contributed by atoms with Gasteiger partial charge in [-0.15, -0.1) is 0 Å². The Bertz CT molecular complexity index is 1380. The molecular weight excluding hydrogens is 410 g/mol. The van der Waals surface area contributed by atoms with Gasteiger partial charge >= 0.3 is 5.97 Å². The Kier molecular flexibility index (Phi) is 5.16. The van der Waals surface area contributed by atoms with Gasteiger partial charge in [0.25, 0.3) is 5.56 Å². The normalized spacial score (nSPS) is 18.8. The zero-order valence-corrected chi connectivity index (χ0v) is 17.1. The number of carboxylic acids is 1. The molecule has 8 heteroatoms. The minimum Gasteiger partial charge on any atom is -0.477 e. The number of hydrogen-bond acceptors (Lipinski definition) is 6. The molecule has 2 aromatic carbocycles. The highest BCUT2D eigenvalue weighted by molar-refractivity contribution is 6.06. The highest BCUT2D eigenvalue weighted by Crippen LogP contribution is 2.28. The van der Waals surface area contributed by atoms with Crippen molar-refractivity contribution >= 4 is 27.6 Å². The largest absolute Gasteiger partial charge is 0.477 e. The van der Waals surface area contributed by atoms with Gasteiger partial charge in [0.1, 0.15) is 5.69 Å². The van der Waals surface area contributed by atoms with E-state index in [9.17, 15) is 14.7 Å². The molecule has 0 bridgehead atoms. The van der Waals surface area contributed by atoms with E-state index in [1.165, 1.54) is 17.0 Å². The van der Waals surface area contributed by atoms with Crippen molar-refractivity contribution in [3.63, 3.8) is 0 Å². The topological polar surface area (TPSA) is 115 Å². The standard InChI is InChI=1S/C24H21N3O5/c28-21-12-32-8-7-20(21)27-13-26-22-17-4-2-1-3-16(17)15(10-18(22)23(27)29)9-14-5-6-19(24(30)31)25-11-14/h1-6,10-11,13,20-21,28H,7-9,12H2,(H,30,31)/t20-,21-/m0/s1. The van der Waals surface area contributed by atoms with E-state index in [0.717, 1.165) is 21.9 Å². The maximum atomic E-state index is 13.4. The molecule has 0 aliphatic carbocycles. The van der Waals surface area contributed by atoms with Gasteiger partial charge in [0.15, 0.2) is 0 Å². The first-order valence-electron chi connectivity index (χ1n) is 10.4. The second-order valence-electron chi connectivity index (χ2n) is 7.97. The highest BCUT2D eigenvalue weighted by Gasteiger charge is 2.27. The zero-order valence-electron chi connectivity index (χ0n) is 17.1. The molecule has 0 spiro atoms. The first-order chi connectivity index (χ1) is 15.5. The van der Waals surface area contributed by atoms with E-state index in [1.807, 2.05) is 30.3 Å². The Morgan fingerprint density at radius 3 is 2.66 bits per heavy atom. The Balaban J connectivity index is 1.65. The zero-order chi connectivity index (χ0) is 22.2. The van der Waals surface area contributed by atoms with Crippen LogP contribution in [0.5, 0.6) is 0 Å². The average molecular weight is 431 g/mol.